The van der Waals surface area contributed by atoms with Crippen molar-refractivity contribution in [3.63, 3.8) is 0 Å². The number of ether oxygens (including phenoxy) is 1. The van der Waals surface area contributed by atoms with Gasteiger partial charge in [0, 0.05) is 5.56 Å². The lowest BCUT2D eigenvalue weighted by Crippen LogP contribution is -2.37. The van der Waals surface area contributed by atoms with Crippen LogP contribution in [0.15, 0.2) is 95.9 Å². The number of hydrogen-bond donors (Lipinski definition) is 0. The lowest BCUT2D eigenvalue weighted by molar-refractivity contribution is 0.0734. The zero-order valence-corrected chi connectivity index (χ0v) is 21.9. The Morgan fingerprint density at radius 2 is 1.16 bits per heavy atom. The summed E-state index contributed by atoms with van der Waals surface area (Å²) in [7, 11) is -4.27. The van der Waals surface area contributed by atoms with Crippen molar-refractivity contribution in [2.75, 3.05) is 4.31 Å². The van der Waals surface area contributed by atoms with E-state index in [2.05, 4.69) is 0 Å². The molecule has 0 heterocycles. The van der Waals surface area contributed by atoms with Crippen LogP contribution in [0.5, 0.6) is 5.75 Å². The van der Waals surface area contributed by atoms with Gasteiger partial charge >= 0.3 is 5.97 Å². The van der Waals surface area contributed by atoms with Crippen LogP contribution >= 0.6 is 0 Å². The summed E-state index contributed by atoms with van der Waals surface area (Å²) in [6, 6.07) is 24.5. The highest BCUT2D eigenvalue weighted by Crippen LogP contribution is 2.30. The van der Waals surface area contributed by atoms with E-state index in [1.165, 1.54) is 30.3 Å². The van der Waals surface area contributed by atoms with E-state index in [-0.39, 0.29) is 21.9 Å². The smallest absolute Gasteiger partial charge is 0.343 e. The number of carbonyl (C=O) groups excluding carboxylic acids is 2. The summed E-state index contributed by atoms with van der Waals surface area (Å²) in [5.41, 5.74) is 4.15. The molecule has 0 aliphatic heterocycles. The number of esters is 1. The Morgan fingerprint density at radius 1 is 0.649 bits per heavy atom. The van der Waals surface area contributed by atoms with Crippen LogP contribution in [0.4, 0.5) is 5.69 Å². The van der Waals surface area contributed by atoms with E-state index >= 15 is 0 Å². The summed E-state index contributed by atoms with van der Waals surface area (Å²) < 4.78 is 33.9. The van der Waals surface area contributed by atoms with Crippen molar-refractivity contribution >= 4 is 27.6 Å². The molecule has 188 valence electrons. The number of sulfonamides is 1. The maximum Gasteiger partial charge on any atom is 0.343 e. The van der Waals surface area contributed by atoms with Crippen molar-refractivity contribution in [1.82, 2.24) is 0 Å². The van der Waals surface area contributed by atoms with Crippen LogP contribution in [0.2, 0.25) is 0 Å². The fraction of sp³-hybridized carbons (Fsp3) is 0.133. The summed E-state index contributed by atoms with van der Waals surface area (Å²) in [6.45, 7) is 7.37. The van der Waals surface area contributed by atoms with Crippen LogP contribution < -0.4 is 9.04 Å². The number of benzene rings is 4. The second-order valence-electron chi connectivity index (χ2n) is 8.96. The topological polar surface area (TPSA) is 80.8 Å². The van der Waals surface area contributed by atoms with E-state index < -0.39 is 21.9 Å². The number of anilines is 1. The summed E-state index contributed by atoms with van der Waals surface area (Å²) in [5.74, 6) is -1.01. The van der Waals surface area contributed by atoms with Gasteiger partial charge in [-0.3, -0.25) is 4.79 Å². The first-order chi connectivity index (χ1) is 17.6. The lowest BCUT2D eigenvalue weighted by Gasteiger charge is -2.24. The molecule has 0 aliphatic carbocycles. The van der Waals surface area contributed by atoms with Crippen LogP contribution in [-0.4, -0.2) is 20.3 Å². The van der Waals surface area contributed by atoms with E-state index in [0.29, 0.717) is 11.1 Å². The summed E-state index contributed by atoms with van der Waals surface area (Å²) in [6.07, 6.45) is 0. The van der Waals surface area contributed by atoms with Gasteiger partial charge < -0.3 is 4.74 Å². The number of carbonyl (C=O) groups is 2. The zero-order valence-electron chi connectivity index (χ0n) is 21.1. The third-order valence-electron chi connectivity index (χ3n) is 5.90. The predicted octanol–water partition coefficient (Wildman–Crippen LogP) is 6.18. The molecule has 0 atom stereocenters. The monoisotopic (exact) mass is 513 g/mol. The second kappa shape index (κ2) is 10.4. The average molecular weight is 514 g/mol. The quantitative estimate of drug-likeness (QED) is 0.227. The molecule has 4 aromatic rings. The molecule has 1 amide bonds. The van der Waals surface area contributed by atoms with Gasteiger partial charge in [-0.2, -0.15) is 4.31 Å². The molecule has 7 heteroatoms. The molecule has 0 N–H and O–H groups in total. The molecule has 0 aromatic heterocycles. The van der Waals surface area contributed by atoms with Gasteiger partial charge in [0.1, 0.15) is 5.75 Å². The van der Waals surface area contributed by atoms with Gasteiger partial charge in [0.25, 0.3) is 15.9 Å². The van der Waals surface area contributed by atoms with Crippen LogP contribution in [0.25, 0.3) is 0 Å². The van der Waals surface area contributed by atoms with E-state index in [0.717, 1.165) is 21.0 Å². The van der Waals surface area contributed by atoms with Crippen LogP contribution in [-0.2, 0) is 10.0 Å². The van der Waals surface area contributed by atoms with E-state index in [1.54, 1.807) is 55.5 Å². The first-order valence-electron chi connectivity index (χ1n) is 11.7. The van der Waals surface area contributed by atoms with Gasteiger partial charge in [-0.15, -0.1) is 0 Å². The average Bonchev–Trinajstić information content (AvgIpc) is 2.85. The minimum absolute atomic E-state index is 0.0356. The fourth-order valence-electron chi connectivity index (χ4n) is 3.87. The maximum atomic E-state index is 13.8. The molecule has 0 saturated carbocycles. The van der Waals surface area contributed by atoms with Crippen molar-refractivity contribution in [3.05, 3.63) is 124 Å². The SMILES string of the molecule is Cc1ccc(C(=O)Oc2ccc(N(C(=O)c3ccc(C)cc3)S(=O)(=O)c3ccc(C)cc3C)cc2)cc1. The summed E-state index contributed by atoms with van der Waals surface area (Å²) >= 11 is 0. The Morgan fingerprint density at radius 3 is 1.70 bits per heavy atom. The fourth-order valence-corrected chi connectivity index (χ4v) is 5.50. The Hall–Kier alpha value is -4.23. The van der Waals surface area contributed by atoms with Crippen LogP contribution in [0.3, 0.4) is 0 Å². The van der Waals surface area contributed by atoms with Crippen molar-refractivity contribution in [2.45, 2.75) is 32.6 Å². The molecule has 0 spiro atoms. The van der Waals surface area contributed by atoms with Gasteiger partial charge in [-0.1, -0.05) is 53.1 Å². The van der Waals surface area contributed by atoms with E-state index in [9.17, 15) is 18.0 Å². The van der Waals surface area contributed by atoms with Crippen molar-refractivity contribution in [2.24, 2.45) is 0 Å². The highest BCUT2D eigenvalue weighted by Gasteiger charge is 2.33. The number of aryl methyl sites for hydroxylation is 4. The predicted molar refractivity (Wildman–Crippen MR) is 144 cm³/mol. The first-order valence-corrected chi connectivity index (χ1v) is 13.1. The van der Waals surface area contributed by atoms with E-state index in [4.69, 9.17) is 4.74 Å². The molecule has 37 heavy (non-hydrogen) atoms. The van der Waals surface area contributed by atoms with Crippen LogP contribution in [0.1, 0.15) is 43.0 Å². The number of hydrogen-bond acceptors (Lipinski definition) is 5. The number of amides is 1. The Balaban J connectivity index is 1.72. The molecule has 0 bridgehead atoms. The lowest BCUT2D eigenvalue weighted by atomic mass is 10.1. The molecule has 4 rings (SSSR count). The van der Waals surface area contributed by atoms with Crippen molar-refractivity contribution in [1.29, 1.82) is 0 Å². The molecular formula is C30H27NO5S. The second-order valence-corrected chi connectivity index (χ2v) is 10.7. The summed E-state index contributed by atoms with van der Waals surface area (Å²) in [5, 5.41) is 0. The van der Waals surface area contributed by atoms with Gasteiger partial charge in [-0.25, -0.2) is 13.2 Å². The van der Waals surface area contributed by atoms with Gasteiger partial charge in [-0.05, 0) is 87.9 Å². The Bertz CT molecular complexity index is 1560. The molecule has 0 aliphatic rings. The standard InChI is InChI=1S/C30H27NO5S/c1-20-5-10-24(11-6-20)29(32)31(37(34,35)28-18-9-22(3)19-23(28)4)26-14-16-27(17-15-26)36-30(33)25-12-7-21(2)8-13-25/h5-19H,1-4H3. The van der Waals surface area contributed by atoms with Crippen LogP contribution in [0, 0.1) is 27.7 Å². The largest absolute Gasteiger partial charge is 0.423 e. The van der Waals surface area contributed by atoms with E-state index in [1.807, 2.05) is 32.9 Å². The minimum atomic E-state index is -4.27. The third kappa shape index (κ3) is 5.62. The molecule has 0 radical (unpaired) electrons. The maximum absolute atomic E-state index is 13.8. The number of rotatable bonds is 6. The molecule has 4 aromatic carbocycles. The third-order valence-corrected chi connectivity index (χ3v) is 7.77. The first kappa shape index (κ1) is 25.9. The Kier molecular flexibility index (Phi) is 7.27. The molecular weight excluding hydrogens is 486 g/mol. The van der Waals surface area contributed by atoms with Crippen molar-refractivity contribution in [3.8, 4) is 5.75 Å². The number of nitrogens with zero attached hydrogens (tertiary/aromatic N) is 1. The highest BCUT2D eigenvalue weighted by atomic mass is 32.2. The molecule has 0 saturated heterocycles. The normalized spacial score (nSPS) is 11.1. The molecule has 6 nitrogen and oxygen atoms in total. The Labute approximate surface area is 217 Å². The highest BCUT2D eigenvalue weighted by molar-refractivity contribution is 7.93. The van der Waals surface area contributed by atoms with Crippen molar-refractivity contribution < 1.29 is 22.7 Å². The summed E-state index contributed by atoms with van der Waals surface area (Å²) in [4.78, 5) is 26.1. The van der Waals surface area contributed by atoms with Gasteiger partial charge in [0.05, 0.1) is 16.1 Å². The molecule has 0 fully saturated rings. The minimum Gasteiger partial charge on any atom is -0.423 e. The van der Waals surface area contributed by atoms with Gasteiger partial charge in [0.2, 0.25) is 0 Å². The van der Waals surface area contributed by atoms with Gasteiger partial charge in [0.15, 0.2) is 0 Å². The zero-order chi connectivity index (χ0) is 26.7. The molecule has 0 unspecified atom stereocenters.